The number of nitrogens with one attached hydrogen (secondary N) is 1. The van der Waals surface area contributed by atoms with Crippen LogP contribution < -0.4 is 5.32 Å². The van der Waals surface area contributed by atoms with E-state index >= 15 is 0 Å². The lowest BCUT2D eigenvalue weighted by Crippen LogP contribution is -2.21. The first-order valence-electron chi connectivity index (χ1n) is 8.63. The van der Waals surface area contributed by atoms with E-state index in [1.165, 1.54) is 11.3 Å². The number of ether oxygens (including phenoxy) is 1. The number of hydrogen-bond donors (Lipinski definition) is 1. The maximum atomic E-state index is 12.1. The van der Waals surface area contributed by atoms with Crippen molar-refractivity contribution in [3.05, 3.63) is 70.7 Å². The largest absolute Gasteiger partial charge is 0.451 e. The summed E-state index contributed by atoms with van der Waals surface area (Å²) in [6.07, 6.45) is 0.881. The Hall–Kier alpha value is -2.99. The minimum atomic E-state index is -0.609. The van der Waals surface area contributed by atoms with E-state index in [4.69, 9.17) is 4.74 Å². The van der Waals surface area contributed by atoms with Gasteiger partial charge in [0.15, 0.2) is 12.3 Å². The van der Waals surface area contributed by atoms with Gasteiger partial charge in [-0.05, 0) is 31.0 Å². The maximum Gasteiger partial charge on any atom is 0.358 e. The van der Waals surface area contributed by atoms with Gasteiger partial charge in [0, 0.05) is 16.6 Å². The predicted molar refractivity (Wildman–Crippen MR) is 107 cm³/mol. The second-order valence-electron chi connectivity index (χ2n) is 6.08. The molecule has 1 aromatic heterocycles. The number of rotatable bonds is 6. The summed E-state index contributed by atoms with van der Waals surface area (Å²) in [6.45, 7) is 3.70. The fourth-order valence-corrected chi connectivity index (χ4v) is 3.26. The lowest BCUT2D eigenvalue weighted by atomic mass is 10.1. The van der Waals surface area contributed by atoms with E-state index in [9.17, 15) is 9.59 Å². The number of aryl methyl sites for hydroxylation is 2. The first kappa shape index (κ1) is 18.8. The van der Waals surface area contributed by atoms with Gasteiger partial charge in [-0.15, -0.1) is 11.3 Å². The van der Waals surface area contributed by atoms with Gasteiger partial charge in [0.1, 0.15) is 5.01 Å². The van der Waals surface area contributed by atoms with Gasteiger partial charge in [0.05, 0.1) is 0 Å². The number of carbonyl (C=O) groups is 2. The predicted octanol–water partition coefficient (Wildman–Crippen LogP) is 4.48. The molecule has 0 aliphatic heterocycles. The van der Waals surface area contributed by atoms with E-state index in [2.05, 4.69) is 10.3 Å². The Bertz CT molecular complexity index is 948. The smallest absolute Gasteiger partial charge is 0.358 e. The number of esters is 1. The Morgan fingerprint density at radius 2 is 1.93 bits per heavy atom. The summed E-state index contributed by atoms with van der Waals surface area (Å²) in [5.41, 5.74) is 4.11. The van der Waals surface area contributed by atoms with Gasteiger partial charge in [-0.1, -0.05) is 48.9 Å². The van der Waals surface area contributed by atoms with Crippen molar-refractivity contribution in [1.82, 2.24) is 4.98 Å². The van der Waals surface area contributed by atoms with Gasteiger partial charge in [-0.3, -0.25) is 4.79 Å². The average molecular weight is 380 g/mol. The van der Waals surface area contributed by atoms with Crippen LogP contribution in [0.1, 0.15) is 28.5 Å². The zero-order valence-electron chi connectivity index (χ0n) is 15.2. The molecule has 0 unspecified atom stereocenters. The molecule has 1 amide bonds. The molecule has 3 rings (SSSR count). The minimum absolute atomic E-state index is 0.205. The SMILES string of the molecule is CCc1cccc(NC(=O)COC(=O)c2csc(-c3ccc(C)cc3)n2)c1. The Labute approximate surface area is 162 Å². The van der Waals surface area contributed by atoms with Crippen LogP contribution in [0.2, 0.25) is 0 Å². The number of carbonyl (C=O) groups excluding carboxylic acids is 2. The molecule has 0 saturated heterocycles. The molecule has 0 aliphatic carbocycles. The van der Waals surface area contributed by atoms with Gasteiger partial charge in [0.2, 0.25) is 0 Å². The van der Waals surface area contributed by atoms with Crippen LogP contribution in [-0.2, 0) is 16.0 Å². The van der Waals surface area contributed by atoms with E-state index in [-0.39, 0.29) is 18.2 Å². The van der Waals surface area contributed by atoms with Crippen molar-refractivity contribution in [3.63, 3.8) is 0 Å². The van der Waals surface area contributed by atoms with E-state index in [1.807, 2.05) is 56.3 Å². The van der Waals surface area contributed by atoms with Crippen LogP contribution in [0.25, 0.3) is 10.6 Å². The van der Waals surface area contributed by atoms with Crippen molar-refractivity contribution in [1.29, 1.82) is 0 Å². The van der Waals surface area contributed by atoms with Gasteiger partial charge in [-0.2, -0.15) is 0 Å². The van der Waals surface area contributed by atoms with Crippen molar-refractivity contribution in [2.75, 3.05) is 11.9 Å². The summed E-state index contributed by atoms with van der Waals surface area (Å²) in [4.78, 5) is 28.4. The lowest BCUT2D eigenvalue weighted by molar-refractivity contribution is -0.119. The Morgan fingerprint density at radius 1 is 1.15 bits per heavy atom. The van der Waals surface area contributed by atoms with Crippen LogP contribution in [0.3, 0.4) is 0 Å². The third kappa shape index (κ3) is 5.01. The molecule has 27 heavy (non-hydrogen) atoms. The first-order chi connectivity index (χ1) is 13.0. The highest BCUT2D eigenvalue weighted by molar-refractivity contribution is 7.13. The minimum Gasteiger partial charge on any atom is -0.451 e. The average Bonchev–Trinajstić information content (AvgIpc) is 3.17. The highest BCUT2D eigenvalue weighted by atomic mass is 32.1. The van der Waals surface area contributed by atoms with Crippen molar-refractivity contribution >= 4 is 28.9 Å². The zero-order valence-corrected chi connectivity index (χ0v) is 16.0. The highest BCUT2D eigenvalue weighted by Gasteiger charge is 2.15. The summed E-state index contributed by atoms with van der Waals surface area (Å²) in [7, 11) is 0. The van der Waals surface area contributed by atoms with E-state index in [1.54, 1.807) is 11.4 Å². The van der Waals surface area contributed by atoms with Crippen molar-refractivity contribution in [2.45, 2.75) is 20.3 Å². The molecule has 6 heteroatoms. The summed E-state index contributed by atoms with van der Waals surface area (Å²) in [5.74, 6) is -0.993. The molecule has 3 aromatic rings. The van der Waals surface area contributed by atoms with Crippen LogP contribution in [0.15, 0.2) is 53.9 Å². The fraction of sp³-hybridized carbons (Fsp3) is 0.190. The number of thiazole rings is 1. The van der Waals surface area contributed by atoms with E-state index < -0.39 is 5.97 Å². The first-order valence-corrected chi connectivity index (χ1v) is 9.51. The molecule has 1 heterocycles. The maximum absolute atomic E-state index is 12.1. The monoisotopic (exact) mass is 380 g/mol. The molecular weight excluding hydrogens is 360 g/mol. The fourth-order valence-electron chi connectivity index (χ4n) is 2.47. The van der Waals surface area contributed by atoms with Crippen LogP contribution in [0.5, 0.6) is 0 Å². The Kier molecular flexibility index (Phi) is 5.98. The van der Waals surface area contributed by atoms with Crippen molar-refractivity contribution < 1.29 is 14.3 Å². The Balaban J connectivity index is 1.56. The molecule has 0 saturated carbocycles. The van der Waals surface area contributed by atoms with Crippen LogP contribution >= 0.6 is 11.3 Å². The van der Waals surface area contributed by atoms with Crippen molar-refractivity contribution in [2.24, 2.45) is 0 Å². The summed E-state index contributed by atoms with van der Waals surface area (Å²) >= 11 is 1.37. The topological polar surface area (TPSA) is 68.3 Å². The number of benzene rings is 2. The van der Waals surface area contributed by atoms with Gasteiger partial charge in [0.25, 0.3) is 5.91 Å². The number of nitrogens with zero attached hydrogens (tertiary/aromatic N) is 1. The van der Waals surface area contributed by atoms with E-state index in [0.29, 0.717) is 5.69 Å². The molecule has 0 bridgehead atoms. The molecule has 0 radical (unpaired) electrons. The van der Waals surface area contributed by atoms with Gasteiger partial charge >= 0.3 is 5.97 Å². The zero-order chi connectivity index (χ0) is 19.2. The van der Waals surface area contributed by atoms with Crippen LogP contribution in [0, 0.1) is 6.92 Å². The summed E-state index contributed by atoms with van der Waals surface area (Å²) < 4.78 is 5.08. The molecule has 0 fully saturated rings. The molecule has 2 aromatic carbocycles. The standard InChI is InChI=1S/C21H20N2O3S/c1-3-15-5-4-6-17(11-15)22-19(24)12-26-21(25)18-13-27-20(23-18)16-9-7-14(2)8-10-16/h4-11,13H,3,12H2,1-2H3,(H,22,24). The second kappa shape index (κ2) is 8.60. The Morgan fingerprint density at radius 3 is 2.67 bits per heavy atom. The van der Waals surface area contributed by atoms with Gasteiger partial charge < -0.3 is 10.1 Å². The number of hydrogen-bond acceptors (Lipinski definition) is 5. The molecular formula is C21H20N2O3S. The molecule has 0 spiro atoms. The van der Waals surface area contributed by atoms with Crippen molar-refractivity contribution in [3.8, 4) is 10.6 Å². The molecule has 0 aliphatic rings. The molecule has 138 valence electrons. The van der Waals surface area contributed by atoms with Crippen LogP contribution in [-0.4, -0.2) is 23.5 Å². The third-order valence-corrected chi connectivity index (χ3v) is 4.86. The number of anilines is 1. The second-order valence-corrected chi connectivity index (χ2v) is 6.94. The number of amides is 1. The third-order valence-electron chi connectivity index (χ3n) is 3.97. The van der Waals surface area contributed by atoms with E-state index in [0.717, 1.165) is 28.1 Å². The van der Waals surface area contributed by atoms with Crippen LogP contribution in [0.4, 0.5) is 5.69 Å². The normalized spacial score (nSPS) is 10.4. The molecule has 0 atom stereocenters. The lowest BCUT2D eigenvalue weighted by Gasteiger charge is -2.07. The highest BCUT2D eigenvalue weighted by Crippen LogP contribution is 2.24. The number of aromatic nitrogens is 1. The summed E-state index contributed by atoms with van der Waals surface area (Å²) in [5, 5.41) is 5.10. The van der Waals surface area contributed by atoms with Gasteiger partial charge in [-0.25, -0.2) is 9.78 Å². The quantitative estimate of drug-likeness (QED) is 0.641. The molecule has 1 N–H and O–H groups in total. The summed E-state index contributed by atoms with van der Waals surface area (Å²) in [6, 6.07) is 15.5. The molecule has 5 nitrogen and oxygen atoms in total.